The van der Waals surface area contributed by atoms with E-state index < -0.39 is 40.0 Å². The van der Waals surface area contributed by atoms with Crippen LogP contribution < -0.4 is 41.3 Å². The van der Waals surface area contributed by atoms with Crippen LogP contribution in [0.15, 0.2) is 97.1 Å². The molecule has 6 rings (SSSR count). The molecule has 6 aromatic carbocycles. The molecule has 0 saturated carbocycles. The molecule has 0 bridgehead atoms. The zero-order valence-electron chi connectivity index (χ0n) is 57.5. The third kappa shape index (κ3) is 16.2. The number of hydrogen-bond acceptors (Lipinski definition) is 6. The molecule has 10 heteroatoms. The summed E-state index contributed by atoms with van der Waals surface area (Å²) in [6, 6.07) is 36.8. The molecule has 0 aliphatic heterocycles. The summed E-state index contributed by atoms with van der Waals surface area (Å²) in [5.74, 6) is -0.640. The maximum absolute atomic E-state index is 14.0. The monoisotopic (exact) mass is 1240 g/mol. The third-order valence-corrected chi connectivity index (χ3v) is 21.6. The first-order chi connectivity index (χ1) is 39.1. The van der Waals surface area contributed by atoms with Crippen molar-refractivity contribution in [1.29, 1.82) is 0 Å². The van der Waals surface area contributed by atoms with E-state index in [0.29, 0.717) is 11.1 Å². The minimum Gasteiger partial charge on any atom is -0.477 e. The van der Waals surface area contributed by atoms with Crippen molar-refractivity contribution in [2.24, 2.45) is 0 Å². The average molecular weight is 1240 g/mol. The molecule has 0 aliphatic rings. The Morgan fingerprint density at radius 2 is 0.523 bits per heavy atom. The predicted octanol–water partition coefficient (Wildman–Crippen LogP) is 18.4. The first-order valence-corrected chi connectivity index (χ1v) is 33.9. The topological polar surface area (TPSA) is 71.1 Å². The van der Waals surface area contributed by atoms with Crippen LogP contribution in [0.3, 0.4) is 0 Å². The van der Waals surface area contributed by atoms with Gasteiger partial charge < -0.3 is 18.9 Å². The molecule has 0 radical (unpaired) electrons. The number of methoxy groups -OCH3 is 2. The van der Waals surface area contributed by atoms with Gasteiger partial charge in [-0.25, -0.2) is 9.59 Å². The van der Waals surface area contributed by atoms with Crippen LogP contribution in [0.25, 0.3) is 11.1 Å². The molecular formula is C76H102Cl2O6P2. The first kappa shape index (κ1) is 70.4. The highest BCUT2D eigenvalue weighted by Gasteiger charge is 2.38. The molecule has 2 unspecified atom stereocenters. The predicted molar refractivity (Wildman–Crippen MR) is 373 cm³/mol. The molecule has 0 N–H and O–H groups in total. The normalized spacial score (nSPS) is 13.9. The fraction of sp³-hybridized carbons (Fsp3) is 0.500. The largest absolute Gasteiger partial charge is 0.477 e. The number of carbonyl (C=O) groups excluding carboxylic acids is 2. The quantitative estimate of drug-likeness (QED) is 0.0848. The highest BCUT2D eigenvalue weighted by atomic mass is 35.5. The Labute approximate surface area is 532 Å². The lowest BCUT2D eigenvalue weighted by Crippen LogP contribution is -2.32. The minimum absolute atomic E-state index is 0.240. The van der Waals surface area contributed by atoms with E-state index in [0.717, 1.165) is 31.8 Å². The van der Waals surface area contributed by atoms with Gasteiger partial charge in [-0.1, -0.05) is 274 Å². The molecule has 0 aromatic heterocycles. The molecular weight excluding hydrogens is 1140 g/mol. The summed E-state index contributed by atoms with van der Waals surface area (Å²) in [6.45, 7) is 58.0. The number of carbonyl (C=O) groups is 2. The van der Waals surface area contributed by atoms with Crippen molar-refractivity contribution in [3.05, 3.63) is 152 Å². The Hall–Kier alpha value is -4.70. The lowest BCUT2D eigenvalue weighted by atomic mass is 9.81. The zero-order valence-corrected chi connectivity index (χ0v) is 60.8. The molecule has 0 saturated heterocycles. The van der Waals surface area contributed by atoms with E-state index in [9.17, 15) is 9.59 Å². The van der Waals surface area contributed by atoms with Gasteiger partial charge in [0.15, 0.2) is 12.2 Å². The van der Waals surface area contributed by atoms with E-state index in [2.05, 4.69) is 251 Å². The van der Waals surface area contributed by atoms with Crippen molar-refractivity contribution < 1.29 is 28.5 Å². The molecule has 466 valence electrons. The summed E-state index contributed by atoms with van der Waals surface area (Å²) in [6.07, 6.45) is -2.24. The van der Waals surface area contributed by atoms with Gasteiger partial charge in [-0.2, -0.15) is 0 Å². The van der Waals surface area contributed by atoms with Gasteiger partial charge in [-0.05, 0) is 161 Å². The van der Waals surface area contributed by atoms with Crippen LogP contribution in [-0.4, -0.2) is 38.4 Å². The molecule has 0 spiro atoms. The first-order valence-electron chi connectivity index (χ1n) is 30.5. The van der Waals surface area contributed by atoms with Crippen LogP contribution >= 0.6 is 39.0 Å². The van der Waals surface area contributed by atoms with Crippen LogP contribution in [0.4, 0.5) is 0 Å². The zero-order chi connectivity index (χ0) is 65.2. The summed E-state index contributed by atoms with van der Waals surface area (Å²) in [7, 11) is -0.543. The second-order valence-electron chi connectivity index (χ2n) is 31.9. The van der Waals surface area contributed by atoms with Crippen LogP contribution in [0.2, 0.25) is 10.0 Å². The fourth-order valence-corrected chi connectivity index (χ4v) is 15.8. The van der Waals surface area contributed by atoms with Crippen molar-refractivity contribution in [1.82, 2.24) is 0 Å². The Morgan fingerprint density at radius 1 is 0.337 bits per heavy atom. The Bertz CT molecular complexity index is 2970. The number of rotatable bonds is 13. The molecule has 2 atom stereocenters. The molecule has 86 heavy (non-hydrogen) atoms. The Kier molecular flexibility index (Phi) is 20.7. The van der Waals surface area contributed by atoms with E-state index in [4.69, 9.17) is 42.1 Å². The van der Waals surface area contributed by atoms with Gasteiger partial charge in [0.25, 0.3) is 0 Å². The molecule has 0 heterocycles. The van der Waals surface area contributed by atoms with Gasteiger partial charge >= 0.3 is 11.9 Å². The Balaban J connectivity index is 2.09. The second-order valence-corrected chi connectivity index (χ2v) is 37.0. The van der Waals surface area contributed by atoms with E-state index in [-0.39, 0.29) is 64.9 Å². The van der Waals surface area contributed by atoms with Gasteiger partial charge in [0, 0.05) is 11.1 Å². The summed E-state index contributed by atoms with van der Waals surface area (Å²) in [5.41, 5.74) is 8.87. The van der Waals surface area contributed by atoms with Crippen molar-refractivity contribution >= 4 is 82.8 Å². The standard InChI is InChI=1S/C76H102Cl2O6P2/c1-45(67(79)81-27)83-65-59(77)29-31-61(85(55-37-47(69(3,4)5)33-48(38-55)70(6,7)8)56-39-49(71(9,10)11)34-50(40-56)72(12,13)14)63(65)64-62(32-30-60(78)66(64)84-46(2)68(80)82-28)86(57-41-51(73(15,16)17)35-52(42-57)74(18,19)20)58-43-53(75(21,22)23)36-54(44-58)76(24,25)26/h29-46H,1-28H3. The SMILES string of the molecule is COC(=O)C(C)Oc1c(Cl)ccc(P(c2cc(C(C)(C)C)cc(C(C)(C)C)c2)c2cc(C(C)(C)C)cc(C(C)(C)C)c2)c1-c1c(P(c2cc(C(C)(C)C)cc(C(C)(C)C)c2)c2cc(C(C)(C)C)cc(C(C)(C)C)c2)ccc(Cl)c1OC(C)C(=O)OC. The fourth-order valence-electron chi connectivity index (χ4n) is 10.2. The summed E-state index contributed by atoms with van der Waals surface area (Å²) < 4.78 is 25.2. The molecule has 6 aromatic rings. The molecule has 6 nitrogen and oxygen atoms in total. The number of hydrogen-bond donors (Lipinski definition) is 0. The maximum atomic E-state index is 14.0. The van der Waals surface area contributed by atoms with Gasteiger partial charge in [-0.3, -0.25) is 0 Å². The van der Waals surface area contributed by atoms with Crippen molar-refractivity contribution in [3.8, 4) is 22.6 Å². The third-order valence-electron chi connectivity index (χ3n) is 16.2. The van der Waals surface area contributed by atoms with Crippen LogP contribution in [0, 0.1) is 0 Å². The summed E-state index contributed by atoms with van der Waals surface area (Å²) in [4.78, 5) is 27.9. The van der Waals surface area contributed by atoms with E-state index in [1.54, 1.807) is 13.8 Å². The Morgan fingerprint density at radius 3 is 0.686 bits per heavy atom. The van der Waals surface area contributed by atoms with Gasteiger partial charge in [-0.15, -0.1) is 0 Å². The van der Waals surface area contributed by atoms with Crippen molar-refractivity contribution in [2.45, 2.75) is 236 Å². The molecule has 0 fully saturated rings. The van der Waals surface area contributed by atoms with Gasteiger partial charge in [0.05, 0.1) is 24.3 Å². The van der Waals surface area contributed by atoms with Crippen molar-refractivity contribution in [2.75, 3.05) is 14.2 Å². The van der Waals surface area contributed by atoms with Crippen molar-refractivity contribution in [3.63, 3.8) is 0 Å². The number of esters is 2. The van der Waals surface area contributed by atoms with E-state index in [1.165, 1.54) is 58.7 Å². The summed E-state index contributed by atoms with van der Waals surface area (Å²) in [5, 5.41) is 6.80. The molecule has 0 aliphatic carbocycles. The number of ether oxygens (including phenoxy) is 4. The lowest BCUT2D eigenvalue weighted by molar-refractivity contribution is -0.148. The van der Waals surface area contributed by atoms with E-state index >= 15 is 0 Å². The van der Waals surface area contributed by atoms with Crippen LogP contribution in [0.5, 0.6) is 11.5 Å². The summed E-state index contributed by atoms with van der Waals surface area (Å²) >= 11 is 15.6. The second kappa shape index (κ2) is 25.3. The molecule has 0 amide bonds. The highest BCUT2D eigenvalue weighted by molar-refractivity contribution is 7.80. The maximum Gasteiger partial charge on any atom is 0.346 e. The van der Waals surface area contributed by atoms with E-state index in [1.807, 2.05) is 12.1 Å². The highest BCUT2D eigenvalue weighted by Crippen LogP contribution is 2.53. The smallest absolute Gasteiger partial charge is 0.346 e. The number of benzene rings is 6. The lowest BCUT2D eigenvalue weighted by Gasteiger charge is -2.34. The van der Waals surface area contributed by atoms with Gasteiger partial charge in [0.2, 0.25) is 0 Å². The van der Waals surface area contributed by atoms with Crippen LogP contribution in [-0.2, 0) is 62.4 Å². The minimum atomic E-state index is -1.63. The average Bonchev–Trinajstić information content (AvgIpc) is 0.797. The van der Waals surface area contributed by atoms with Gasteiger partial charge in [0.1, 0.15) is 11.5 Å². The van der Waals surface area contributed by atoms with Crippen LogP contribution in [0.1, 0.15) is 225 Å². The number of halogens is 2.